The number of carbonyl (C=O) groups is 1. The number of nitrogens with zero attached hydrogens (tertiary/aromatic N) is 2. The first-order valence-corrected chi connectivity index (χ1v) is 9.08. The summed E-state index contributed by atoms with van der Waals surface area (Å²) in [6, 6.07) is 11.3. The lowest BCUT2D eigenvalue weighted by atomic mass is 10.1. The van der Waals surface area contributed by atoms with Crippen LogP contribution < -0.4 is 19.7 Å². The summed E-state index contributed by atoms with van der Waals surface area (Å²) in [4.78, 5) is 17.4. The van der Waals surface area contributed by atoms with E-state index in [2.05, 4.69) is 34.3 Å². The normalized spacial score (nSPS) is 14.7. The predicted molar refractivity (Wildman–Crippen MR) is 108 cm³/mol. The molecule has 2 aromatic carbocycles. The summed E-state index contributed by atoms with van der Waals surface area (Å²) in [5, 5.41) is 2.99. The van der Waals surface area contributed by atoms with Crippen molar-refractivity contribution >= 4 is 17.3 Å². The highest BCUT2D eigenvalue weighted by atomic mass is 16.5. The fourth-order valence-electron chi connectivity index (χ4n) is 3.18. The van der Waals surface area contributed by atoms with Crippen LogP contribution in [0.5, 0.6) is 11.5 Å². The molecule has 2 aromatic rings. The minimum absolute atomic E-state index is 0.192. The van der Waals surface area contributed by atoms with Crippen LogP contribution in [-0.2, 0) is 0 Å². The second kappa shape index (κ2) is 8.31. The number of carbonyl (C=O) groups excluding carboxylic acids is 1. The first kappa shape index (κ1) is 19.0. The monoisotopic (exact) mass is 369 g/mol. The lowest BCUT2D eigenvalue weighted by Crippen LogP contribution is -2.44. The van der Waals surface area contributed by atoms with Crippen molar-refractivity contribution in [2.45, 2.75) is 6.92 Å². The largest absolute Gasteiger partial charge is 0.497 e. The van der Waals surface area contributed by atoms with Crippen molar-refractivity contribution in [2.75, 3.05) is 57.7 Å². The number of anilines is 2. The number of likely N-dealkylation sites (N-methyl/N-ethyl adjacent to an activating group) is 1. The highest BCUT2D eigenvalue weighted by molar-refractivity contribution is 6.05. The Morgan fingerprint density at radius 1 is 0.963 bits per heavy atom. The van der Waals surface area contributed by atoms with E-state index >= 15 is 0 Å². The number of hydrogen-bond donors (Lipinski definition) is 1. The van der Waals surface area contributed by atoms with Gasteiger partial charge in [-0.3, -0.25) is 4.79 Å². The molecule has 0 unspecified atom stereocenters. The number of benzene rings is 2. The number of aryl methyl sites for hydroxylation is 1. The molecule has 1 fully saturated rings. The molecule has 0 aromatic heterocycles. The summed E-state index contributed by atoms with van der Waals surface area (Å²) >= 11 is 0. The van der Waals surface area contributed by atoms with Gasteiger partial charge in [0, 0.05) is 49.2 Å². The zero-order valence-corrected chi connectivity index (χ0v) is 16.4. The molecule has 1 amide bonds. The number of nitrogens with one attached hydrogen (secondary N) is 1. The molecule has 1 N–H and O–H groups in total. The van der Waals surface area contributed by atoms with Crippen LogP contribution in [0.3, 0.4) is 0 Å². The second-order valence-electron chi connectivity index (χ2n) is 6.85. The standard InChI is InChI=1S/C21H27N3O3/c1-15-11-17(24-9-7-23(2)8-10-24)5-6-20(15)22-21(25)16-12-18(26-3)14-19(13-16)27-4/h5-6,11-14H,7-10H2,1-4H3,(H,22,25). The number of methoxy groups -OCH3 is 2. The maximum absolute atomic E-state index is 12.7. The van der Waals surface area contributed by atoms with E-state index in [1.54, 1.807) is 32.4 Å². The number of rotatable bonds is 5. The lowest BCUT2D eigenvalue weighted by molar-refractivity contribution is 0.102. The molecule has 6 heteroatoms. The van der Waals surface area contributed by atoms with Gasteiger partial charge in [-0.25, -0.2) is 0 Å². The molecule has 144 valence electrons. The van der Waals surface area contributed by atoms with E-state index in [1.807, 2.05) is 13.0 Å². The summed E-state index contributed by atoms with van der Waals surface area (Å²) in [5.74, 6) is 0.978. The van der Waals surface area contributed by atoms with E-state index in [0.29, 0.717) is 17.1 Å². The maximum atomic E-state index is 12.7. The summed E-state index contributed by atoms with van der Waals surface area (Å²) in [6.07, 6.45) is 0. The van der Waals surface area contributed by atoms with Gasteiger partial charge in [-0.2, -0.15) is 0 Å². The number of ether oxygens (including phenoxy) is 2. The fraction of sp³-hybridized carbons (Fsp3) is 0.381. The molecule has 1 aliphatic rings. The van der Waals surface area contributed by atoms with E-state index in [9.17, 15) is 4.79 Å². The molecule has 27 heavy (non-hydrogen) atoms. The smallest absolute Gasteiger partial charge is 0.255 e. The van der Waals surface area contributed by atoms with Gasteiger partial charge in [-0.15, -0.1) is 0 Å². The summed E-state index contributed by atoms with van der Waals surface area (Å²) in [6.45, 7) is 6.18. The zero-order valence-electron chi connectivity index (χ0n) is 16.4. The van der Waals surface area contributed by atoms with E-state index in [0.717, 1.165) is 37.4 Å². The average Bonchev–Trinajstić information content (AvgIpc) is 2.69. The van der Waals surface area contributed by atoms with Crippen LogP contribution >= 0.6 is 0 Å². The first-order valence-electron chi connectivity index (χ1n) is 9.08. The highest BCUT2D eigenvalue weighted by Crippen LogP contribution is 2.26. The van der Waals surface area contributed by atoms with Crippen molar-refractivity contribution in [1.82, 2.24) is 4.90 Å². The fourth-order valence-corrected chi connectivity index (χ4v) is 3.18. The van der Waals surface area contributed by atoms with Crippen LogP contribution in [0.15, 0.2) is 36.4 Å². The predicted octanol–water partition coefficient (Wildman–Crippen LogP) is 3.02. The molecular formula is C21H27N3O3. The molecule has 1 aliphatic heterocycles. The van der Waals surface area contributed by atoms with Crippen LogP contribution in [0.4, 0.5) is 11.4 Å². The van der Waals surface area contributed by atoms with E-state index in [4.69, 9.17) is 9.47 Å². The third kappa shape index (κ3) is 4.52. The minimum atomic E-state index is -0.192. The average molecular weight is 369 g/mol. The van der Waals surface area contributed by atoms with E-state index in [-0.39, 0.29) is 5.91 Å². The van der Waals surface area contributed by atoms with Crippen LogP contribution in [0.1, 0.15) is 15.9 Å². The van der Waals surface area contributed by atoms with Gasteiger partial charge in [-0.05, 0) is 49.9 Å². The van der Waals surface area contributed by atoms with Crippen molar-refractivity contribution in [1.29, 1.82) is 0 Å². The molecule has 0 atom stereocenters. The van der Waals surface area contributed by atoms with Gasteiger partial charge in [0.1, 0.15) is 11.5 Å². The Hall–Kier alpha value is -2.73. The van der Waals surface area contributed by atoms with Gasteiger partial charge >= 0.3 is 0 Å². The molecule has 0 bridgehead atoms. The molecule has 0 spiro atoms. The van der Waals surface area contributed by atoms with Crippen molar-refractivity contribution in [3.05, 3.63) is 47.5 Å². The second-order valence-corrected chi connectivity index (χ2v) is 6.85. The van der Waals surface area contributed by atoms with E-state index in [1.165, 1.54) is 5.69 Å². The molecular weight excluding hydrogens is 342 g/mol. The number of amides is 1. The Morgan fingerprint density at radius 2 is 1.59 bits per heavy atom. The molecule has 0 radical (unpaired) electrons. The zero-order chi connectivity index (χ0) is 19.4. The maximum Gasteiger partial charge on any atom is 0.255 e. The van der Waals surface area contributed by atoms with Gasteiger partial charge in [0.2, 0.25) is 0 Å². The Balaban J connectivity index is 1.75. The van der Waals surface area contributed by atoms with Crippen molar-refractivity contribution in [3.63, 3.8) is 0 Å². The number of hydrogen-bond acceptors (Lipinski definition) is 5. The van der Waals surface area contributed by atoms with Gasteiger partial charge in [0.15, 0.2) is 0 Å². The van der Waals surface area contributed by atoms with Crippen LogP contribution in [0, 0.1) is 6.92 Å². The van der Waals surface area contributed by atoms with Gasteiger partial charge < -0.3 is 24.6 Å². The van der Waals surface area contributed by atoms with Crippen molar-refractivity contribution in [3.8, 4) is 11.5 Å². The molecule has 6 nitrogen and oxygen atoms in total. The third-order valence-electron chi connectivity index (χ3n) is 4.94. The quantitative estimate of drug-likeness (QED) is 0.878. The summed E-state index contributed by atoms with van der Waals surface area (Å²) in [5.41, 5.74) is 3.53. The molecule has 0 saturated carbocycles. The molecule has 3 rings (SSSR count). The van der Waals surface area contributed by atoms with E-state index < -0.39 is 0 Å². The topological polar surface area (TPSA) is 54.0 Å². The molecule has 1 heterocycles. The Kier molecular flexibility index (Phi) is 5.86. The summed E-state index contributed by atoms with van der Waals surface area (Å²) in [7, 11) is 5.28. The van der Waals surface area contributed by atoms with Crippen molar-refractivity contribution < 1.29 is 14.3 Å². The Labute approximate surface area is 160 Å². The van der Waals surface area contributed by atoms with Gasteiger partial charge in [-0.1, -0.05) is 0 Å². The Morgan fingerprint density at radius 3 is 2.15 bits per heavy atom. The molecule has 1 saturated heterocycles. The van der Waals surface area contributed by atoms with Crippen LogP contribution in [0.2, 0.25) is 0 Å². The minimum Gasteiger partial charge on any atom is -0.497 e. The lowest BCUT2D eigenvalue weighted by Gasteiger charge is -2.34. The Bertz CT molecular complexity index is 792. The van der Waals surface area contributed by atoms with Gasteiger partial charge in [0.05, 0.1) is 14.2 Å². The SMILES string of the molecule is COc1cc(OC)cc(C(=O)Nc2ccc(N3CCN(C)CC3)cc2C)c1. The highest BCUT2D eigenvalue weighted by Gasteiger charge is 2.16. The molecule has 0 aliphatic carbocycles. The first-order chi connectivity index (χ1) is 13.0. The number of piperazine rings is 1. The third-order valence-corrected chi connectivity index (χ3v) is 4.94. The summed E-state index contributed by atoms with van der Waals surface area (Å²) < 4.78 is 10.5. The van der Waals surface area contributed by atoms with Crippen LogP contribution in [0.25, 0.3) is 0 Å². The van der Waals surface area contributed by atoms with Crippen molar-refractivity contribution in [2.24, 2.45) is 0 Å². The van der Waals surface area contributed by atoms with Crippen LogP contribution in [-0.4, -0.2) is 58.3 Å². The van der Waals surface area contributed by atoms with Gasteiger partial charge in [0.25, 0.3) is 5.91 Å².